The normalized spacial score (nSPS) is 17.7. The summed E-state index contributed by atoms with van der Waals surface area (Å²) in [5.74, 6) is 1.10. The second-order valence-corrected chi connectivity index (χ2v) is 6.92. The van der Waals surface area contributed by atoms with Gasteiger partial charge < -0.3 is 4.98 Å². The van der Waals surface area contributed by atoms with Crippen LogP contribution < -0.4 is 0 Å². The molecule has 120 valence electrons. The molecule has 0 radical (unpaired) electrons. The first kappa shape index (κ1) is 15.6. The van der Waals surface area contributed by atoms with Crippen LogP contribution in [-0.2, 0) is 19.5 Å². The molecule has 5 nitrogen and oxygen atoms in total. The highest BCUT2D eigenvalue weighted by Gasteiger charge is 2.17. The second-order valence-electron chi connectivity index (χ2n) is 5.94. The topological polar surface area (TPSA) is 48.1 Å². The third-order valence-electron chi connectivity index (χ3n) is 4.27. The minimum absolute atomic E-state index is 0.966. The minimum atomic E-state index is 0.966. The molecule has 0 aromatic carbocycles. The van der Waals surface area contributed by atoms with Crippen LogP contribution in [0.3, 0.4) is 0 Å². The summed E-state index contributed by atoms with van der Waals surface area (Å²) in [6.07, 6.45) is 4.09. The van der Waals surface area contributed by atoms with Gasteiger partial charge in [-0.2, -0.15) is 0 Å². The Hall–Kier alpha value is -1.24. The van der Waals surface area contributed by atoms with Gasteiger partial charge in [-0.3, -0.25) is 9.80 Å². The molecule has 0 aliphatic carbocycles. The minimum Gasteiger partial charge on any atom is -0.346 e. The average molecular weight is 319 g/mol. The van der Waals surface area contributed by atoms with Crippen LogP contribution in [0, 0.1) is 6.92 Å². The molecule has 3 rings (SSSR count). The van der Waals surface area contributed by atoms with E-state index in [2.05, 4.69) is 39.0 Å². The fourth-order valence-corrected chi connectivity index (χ4v) is 3.62. The molecule has 2 aromatic heterocycles. The molecular weight excluding hydrogens is 294 g/mol. The van der Waals surface area contributed by atoms with Crippen molar-refractivity contribution in [3.63, 3.8) is 0 Å². The van der Waals surface area contributed by atoms with Gasteiger partial charge in [0.1, 0.15) is 10.8 Å². The summed E-state index contributed by atoms with van der Waals surface area (Å²) in [6, 6.07) is 0. The van der Waals surface area contributed by atoms with Crippen molar-refractivity contribution in [1.29, 1.82) is 0 Å². The molecule has 22 heavy (non-hydrogen) atoms. The number of nitrogens with one attached hydrogen (secondary N) is 1. The molecule has 2 aromatic rings. The number of imidazole rings is 1. The Morgan fingerprint density at radius 1 is 1.18 bits per heavy atom. The van der Waals surface area contributed by atoms with Crippen molar-refractivity contribution >= 4 is 11.3 Å². The van der Waals surface area contributed by atoms with Crippen molar-refractivity contribution in [3.05, 3.63) is 33.8 Å². The van der Waals surface area contributed by atoms with Gasteiger partial charge in [-0.05, 0) is 26.4 Å². The maximum Gasteiger partial charge on any atom is 0.107 e. The smallest absolute Gasteiger partial charge is 0.107 e. The van der Waals surface area contributed by atoms with E-state index in [1.807, 2.05) is 6.20 Å². The van der Waals surface area contributed by atoms with Gasteiger partial charge in [0.2, 0.25) is 0 Å². The molecule has 0 amide bonds. The fourth-order valence-electron chi connectivity index (χ4n) is 2.96. The van der Waals surface area contributed by atoms with Crippen molar-refractivity contribution < 1.29 is 0 Å². The van der Waals surface area contributed by atoms with Crippen LogP contribution in [0.5, 0.6) is 0 Å². The molecule has 1 saturated heterocycles. The van der Waals surface area contributed by atoms with Gasteiger partial charge in [0, 0.05) is 43.3 Å². The lowest BCUT2D eigenvalue weighted by Gasteiger charge is -2.20. The summed E-state index contributed by atoms with van der Waals surface area (Å²) in [6.45, 7) is 10.8. The Morgan fingerprint density at radius 2 is 1.95 bits per heavy atom. The van der Waals surface area contributed by atoms with Gasteiger partial charge >= 0.3 is 0 Å². The van der Waals surface area contributed by atoms with Crippen molar-refractivity contribution in [2.75, 3.05) is 26.2 Å². The predicted octanol–water partition coefficient (Wildman–Crippen LogP) is 2.44. The molecule has 0 saturated carbocycles. The number of aromatic nitrogens is 3. The van der Waals surface area contributed by atoms with Crippen molar-refractivity contribution in [2.45, 2.75) is 39.8 Å². The summed E-state index contributed by atoms with van der Waals surface area (Å²) in [7, 11) is 0. The number of hydrogen-bond acceptors (Lipinski definition) is 5. The van der Waals surface area contributed by atoms with Crippen LogP contribution in [0.1, 0.15) is 35.6 Å². The zero-order valence-corrected chi connectivity index (χ0v) is 14.3. The Bertz CT molecular complexity index is 577. The average Bonchev–Trinajstić information content (AvgIpc) is 3.08. The second kappa shape index (κ2) is 7.35. The zero-order chi connectivity index (χ0) is 15.4. The number of aromatic amines is 1. The van der Waals surface area contributed by atoms with Crippen LogP contribution in [0.4, 0.5) is 0 Å². The lowest BCUT2D eigenvalue weighted by molar-refractivity contribution is 0.245. The van der Waals surface area contributed by atoms with Crippen molar-refractivity contribution in [2.24, 2.45) is 0 Å². The van der Waals surface area contributed by atoms with E-state index in [0.717, 1.165) is 51.5 Å². The number of hydrogen-bond donors (Lipinski definition) is 1. The van der Waals surface area contributed by atoms with E-state index in [4.69, 9.17) is 4.98 Å². The lowest BCUT2D eigenvalue weighted by Crippen LogP contribution is -2.30. The van der Waals surface area contributed by atoms with Crippen molar-refractivity contribution in [3.8, 4) is 0 Å². The first-order valence-electron chi connectivity index (χ1n) is 8.12. The van der Waals surface area contributed by atoms with Gasteiger partial charge in [-0.1, -0.05) is 6.92 Å². The molecule has 1 fully saturated rings. The first-order valence-corrected chi connectivity index (χ1v) is 9.00. The largest absolute Gasteiger partial charge is 0.346 e. The summed E-state index contributed by atoms with van der Waals surface area (Å²) in [4.78, 5) is 17.6. The summed E-state index contributed by atoms with van der Waals surface area (Å²) < 4.78 is 0. The molecule has 0 unspecified atom stereocenters. The highest BCUT2D eigenvalue weighted by molar-refractivity contribution is 7.09. The van der Waals surface area contributed by atoms with Crippen LogP contribution in [0.25, 0.3) is 0 Å². The summed E-state index contributed by atoms with van der Waals surface area (Å²) in [5.41, 5.74) is 2.44. The predicted molar refractivity (Wildman–Crippen MR) is 90.0 cm³/mol. The molecule has 0 atom stereocenters. The fraction of sp³-hybridized carbons (Fsp3) is 0.625. The van der Waals surface area contributed by atoms with Crippen LogP contribution in [0.15, 0.2) is 11.6 Å². The Labute approximate surface area is 136 Å². The summed E-state index contributed by atoms with van der Waals surface area (Å²) in [5, 5.41) is 3.29. The van der Waals surface area contributed by atoms with E-state index in [9.17, 15) is 0 Å². The molecule has 1 aliphatic heterocycles. The number of thiazole rings is 1. The monoisotopic (exact) mass is 319 g/mol. The maximum atomic E-state index is 4.71. The number of nitrogens with zero attached hydrogens (tertiary/aromatic N) is 4. The van der Waals surface area contributed by atoms with E-state index in [1.165, 1.54) is 22.8 Å². The summed E-state index contributed by atoms with van der Waals surface area (Å²) >= 11 is 1.75. The molecule has 3 heterocycles. The Kier molecular flexibility index (Phi) is 5.23. The van der Waals surface area contributed by atoms with Gasteiger partial charge in [0.05, 0.1) is 12.2 Å². The molecule has 1 N–H and O–H groups in total. The van der Waals surface area contributed by atoms with Crippen LogP contribution >= 0.6 is 11.3 Å². The Balaban J connectivity index is 1.54. The number of H-pyrrole nitrogens is 1. The van der Waals surface area contributed by atoms with Gasteiger partial charge in [0.25, 0.3) is 0 Å². The SMILES string of the molecule is CCc1nc(CN2CCCN(Cc3nccs3)CC2)c(C)[nH]1. The van der Waals surface area contributed by atoms with Crippen LogP contribution in [-0.4, -0.2) is 50.9 Å². The highest BCUT2D eigenvalue weighted by Crippen LogP contribution is 2.14. The zero-order valence-electron chi connectivity index (χ0n) is 13.5. The Morgan fingerprint density at radius 3 is 2.59 bits per heavy atom. The van der Waals surface area contributed by atoms with E-state index < -0.39 is 0 Å². The molecule has 1 aliphatic rings. The molecule has 0 spiro atoms. The van der Waals surface area contributed by atoms with E-state index in [-0.39, 0.29) is 0 Å². The highest BCUT2D eigenvalue weighted by atomic mass is 32.1. The lowest BCUT2D eigenvalue weighted by atomic mass is 10.3. The van der Waals surface area contributed by atoms with Gasteiger partial charge in [-0.25, -0.2) is 9.97 Å². The molecular formula is C16H25N5S. The molecule has 0 bridgehead atoms. The van der Waals surface area contributed by atoms with Crippen molar-refractivity contribution in [1.82, 2.24) is 24.8 Å². The first-order chi connectivity index (χ1) is 10.7. The van der Waals surface area contributed by atoms with E-state index in [1.54, 1.807) is 11.3 Å². The third kappa shape index (κ3) is 3.94. The van der Waals surface area contributed by atoms with E-state index in [0.29, 0.717) is 0 Å². The maximum absolute atomic E-state index is 4.71. The van der Waals surface area contributed by atoms with Gasteiger partial charge in [0.15, 0.2) is 0 Å². The molecule has 6 heteroatoms. The standard InChI is InChI=1S/C16H25N5S/c1-3-15-18-13(2)14(19-15)11-20-6-4-7-21(9-8-20)12-16-17-5-10-22-16/h5,10H,3-4,6-9,11-12H2,1-2H3,(H,18,19). The van der Waals surface area contributed by atoms with Crippen LogP contribution in [0.2, 0.25) is 0 Å². The number of rotatable bonds is 5. The third-order valence-corrected chi connectivity index (χ3v) is 5.03. The van der Waals surface area contributed by atoms with Gasteiger partial charge in [-0.15, -0.1) is 11.3 Å². The quantitative estimate of drug-likeness (QED) is 0.919. The number of aryl methyl sites for hydroxylation is 2. The van der Waals surface area contributed by atoms with E-state index >= 15 is 0 Å².